The average molecular weight is 304 g/mol. The number of hydrogen-bond donors (Lipinski definition) is 1. The minimum absolute atomic E-state index is 0.529. The molecule has 1 aromatic heterocycles. The van der Waals surface area contributed by atoms with Gasteiger partial charge in [-0.2, -0.15) is 0 Å². The van der Waals surface area contributed by atoms with Gasteiger partial charge >= 0.3 is 0 Å². The Labute approximate surface area is 131 Å². The van der Waals surface area contributed by atoms with Crippen LogP contribution in [0.3, 0.4) is 0 Å². The third-order valence-electron chi connectivity index (χ3n) is 3.75. The highest BCUT2D eigenvalue weighted by Crippen LogP contribution is 2.22. The first-order valence-electron chi connectivity index (χ1n) is 7.45. The minimum atomic E-state index is 0.529. The van der Waals surface area contributed by atoms with E-state index >= 15 is 0 Å². The molecule has 1 N–H and O–H groups in total. The van der Waals surface area contributed by atoms with Crippen molar-refractivity contribution in [3.63, 3.8) is 0 Å². The average Bonchev–Trinajstić information content (AvgIpc) is 2.94. The summed E-state index contributed by atoms with van der Waals surface area (Å²) in [6.45, 7) is 9.94. The van der Waals surface area contributed by atoms with Crippen LogP contribution in [0.1, 0.15) is 42.1 Å². The molecule has 0 spiro atoms. The largest absolute Gasteiger partial charge is 0.486 e. The molecule has 0 bridgehead atoms. The van der Waals surface area contributed by atoms with E-state index in [4.69, 9.17) is 4.74 Å². The van der Waals surface area contributed by atoms with Gasteiger partial charge in [0.2, 0.25) is 0 Å². The fourth-order valence-electron chi connectivity index (χ4n) is 1.94. The molecule has 0 amide bonds. The molecule has 0 saturated carbocycles. The predicted molar refractivity (Wildman–Crippen MR) is 89.0 cm³/mol. The summed E-state index contributed by atoms with van der Waals surface area (Å²) < 4.78 is 5.89. The number of rotatable bonds is 7. The molecule has 0 aliphatic carbocycles. The quantitative estimate of drug-likeness (QED) is 0.831. The molecule has 1 atom stereocenters. The minimum Gasteiger partial charge on any atom is -0.486 e. The highest BCUT2D eigenvalue weighted by molar-refractivity contribution is 7.09. The van der Waals surface area contributed by atoms with Gasteiger partial charge in [-0.15, -0.1) is 11.3 Å². The number of aryl methyl sites for hydroxylation is 1. The van der Waals surface area contributed by atoms with Crippen molar-refractivity contribution in [2.45, 2.75) is 53.3 Å². The molecular weight excluding hydrogens is 280 g/mol. The van der Waals surface area contributed by atoms with E-state index in [-0.39, 0.29) is 0 Å². The van der Waals surface area contributed by atoms with E-state index < -0.39 is 0 Å². The summed E-state index contributed by atoms with van der Waals surface area (Å²) in [5, 5.41) is 6.59. The Morgan fingerprint density at radius 2 is 2.14 bits per heavy atom. The molecule has 0 aliphatic heterocycles. The fraction of sp³-hybridized carbons (Fsp3) is 0.471. The van der Waals surface area contributed by atoms with Crippen LogP contribution in [0.5, 0.6) is 5.75 Å². The molecule has 4 heteroatoms. The molecular formula is C17H24N2OS. The molecule has 0 fully saturated rings. The number of benzene rings is 1. The van der Waals surface area contributed by atoms with Gasteiger partial charge in [-0.3, -0.25) is 0 Å². The molecule has 1 unspecified atom stereocenters. The number of ether oxygens (including phenoxy) is 1. The first kappa shape index (κ1) is 16.0. The van der Waals surface area contributed by atoms with E-state index in [1.54, 1.807) is 11.3 Å². The van der Waals surface area contributed by atoms with Crippen molar-refractivity contribution in [1.82, 2.24) is 10.3 Å². The van der Waals surface area contributed by atoms with Gasteiger partial charge in [0.15, 0.2) is 0 Å². The Morgan fingerprint density at radius 1 is 1.33 bits per heavy atom. The summed E-state index contributed by atoms with van der Waals surface area (Å²) in [4.78, 5) is 4.61. The van der Waals surface area contributed by atoms with E-state index in [9.17, 15) is 0 Å². The lowest BCUT2D eigenvalue weighted by Gasteiger charge is -2.10. The van der Waals surface area contributed by atoms with E-state index in [1.807, 2.05) is 12.1 Å². The Bertz CT molecular complexity index is 580. The Hall–Kier alpha value is -1.39. The zero-order valence-corrected chi connectivity index (χ0v) is 14.1. The van der Waals surface area contributed by atoms with E-state index in [0.29, 0.717) is 12.6 Å². The van der Waals surface area contributed by atoms with Crippen LogP contribution in [0.4, 0.5) is 0 Å². The molecule has 2 rings (SSSR count). The van der Waals surface area contributed by atoms with Crippen LogP contribution in [0.15, 0.2) is 23.6 Å². The third-order valence-corrected chi connectivity index (χ3v) is 4.62. The first-order chi connectivity index (χ1) is 10.1. The molecule has 21 heavy (non-hydrogen) atoms. The summed E-state index contributed by atoms with van der Waals surface area (Å²) in [6, 6.07) is 6.67. The topological polar surface area (TPSA) is 34.1 Å². The van der Waals surface area contributed by atoms with E-state index in [2.05, 4.69) is 49.4 Å². The normalized spacial score (nSPS) is 12.4. The van der Waals surface area contributed by atoms with Crippen molar-refractivity contribution in [3.05, 3.63) is 45.4 Å². The Morgan fingerprint density at radius 3 is 2.90 bits per heavy atom. The smallest absolute Gasteiger partial charge is 0.140 e. The Kier molecular flexibility index (Phi) is 5.76. The van der Waals surface area contributed by atoms with Gasteiger partial charge in [0.05, 0.1) is 5.69 Å². The SMILES string of the molecule is CCC(C)NCc1csc(COc2cccc(C)c2C)n1. The number of nitrogens with zero attached hydrogens (tertiary/aromatic N) is 1. The first-order valence-corrected chi connectivity index (χ1v) is 8.33. The highest BCUT2D eigenvalue weighted by atomic mass is 32.1. The van der Waals surface area contributed by atoms with Crippen molar-refractivity contribution >= 4 is 11.3 Å². The van der Waals surface area contributed by atoms with Gasteiger partial charge in [-0.25, -0.2) is 4.98 Å². The van der Waals surface area contributed by atoms with Crippen molar-refractivity contribution in [2.24, 2.45) is 0 Å². The van der Waals surface area contributed by atoms with Gasteiger partial charge < -0.3 is 10.1 Å². The zero-order valence-electron chi connectivity index (χ0n) is 13.3. The van der Waals surface area contributed by atoms with Crippen LogP contribution in [0.25, 0.3) is 0 Å². The second-order valence-electron chi connectivity index (χ2n) is 5.41. The zero-order chi connectivity index (χ0) is 15.2. The molecule has 0 radical (unpaired) electrons. The van der Waals surface area contributed by atoms with Gasteiger partial charge in [0, 0.05) is 18.0 Å². The van der Waals surface area contributed by atoms with Crippen molar-refractivity contribution in [3.8, 4) is 5.75 Å². The summed E-state index contributed by atoms with van der Waals surface area (Å²) >= 11 is 1.66. The van der Waals surface area contributed by atoms with Crippen LogP contribution in [0, 0.1) is 13.8 Å². The van der Waals surface area contributed by atoms with Gasteiger partial charge in [-0.05, 0) is 44.4 Å². The summed E-state index contributed by atoms with van der Waals surface area (Å²) in [6.07, 6.45) is 1.13. The van der Waals surface area contributed by atoms with Gasteiger partial charge in [-0.1, -0.05) is 19.1 Å². The second kappa shape index (κ2) is 7.57. The highest BCUT2D eigenvalue weighted by Gasteiger charge is 2.06. The molecule has 0 aliphatic rings. The summed E-state index contributed by atoms with van der Waals surface area (Å²) in [5.41, 5.74) is 3.55. The summed E-state index contributed by atoms with van der Waals surface area (Å²) in [5.74, 6) is 0.949. The number of thiazole rings is 1. The van der Waals surface area contributed by atoms with Crippen molar-refractivity contribution in [2.75, 3.05) is 0 Å². The molecule has 114 valence electrons. The number of nitrogens with one attached hydrogen (secondary N) is 1. The Balaban J connectivity index is 1.89. The van der Waals surface area contributed by atoms with Gasteiger partial charge in [0.1, 0.15) is 17.4 Å². The molecule has 1 aromatic carbocycles. The van der Waals surface area contributed by atoms with Crippen molar-refractivity contribution < 1.29 is 4.74 Å². The van der Waals surface area contributed by atoms with Crippen LogP contribution >= 0.6 is 11.3 Å². The third kappa shape index (κ3) is 4.55. The molecule has 1 heterocycles. The fourth-order valence-corrected chi connectivity index (χ4v) is 2.64. The van der Waals surface area contributed by atoms with Crippen LogP contribution in [0.2, 0.25) is 0 Å². The standard InChI is InChI=1S/C17H24N2OS/c1-5-13(3)18-9-15-11-21-17(19-15)10-20-16-8-6-7-12(2)14(16)4/h6-8,11,13,18H,5,9-10H2,1-4H3. The lowest BCUT2D eigenvalue weighted by molar-refractivity contribution is 0.303. The second-order valence-corrected chi connectivity index (χ2v) is 6.35. The lowest BCUT2D eigenvalue weighted by atomic mass is 10.1. The van der Waals surface area contributed by atoms with Crippen molar-refractivity contribution in [1.29, 1.82) is 0 Å². The molecule has 2 aromatic rings. The lowest BCUT2D eigenvalue weighted by Crippen LogP contribution is -2.24. The van der Waals surface area contributed by atoms with Crippen LogP contribution < -0.4 is 10.1 Å². The maximum Gasteiger partial charge on any atom is 0.140 e. The van der Waals surface area contributed by atoms with E-state index in [0.717, 1.165) is 29.4 Å². The van der Waals surface area contributed by atoms with E-state index in [1.165, 1.54) is 11.1 Å². The van der Waals surface area contributed by atoms with Crippen LogP contribution in [-0.4, -0.2) is 11.0 Å². The van der Waals surface area contributed by atoms with Gasteiger partial charge in [0.25, 0.3) is 0 Å². The van der Waals surface area contributed by atoms with Crippen LogP contribution in [-0.2, 0) is 13.2 Å². The monoisotopic (exact) mass is 304 g/mol. The maximum atomic E-state index is 5.89. The maximum absolute atomic E-state index is 5.89. The summed E-state index contributed by atoms with van der Waals surface area (Å²) in [7, 11) is 0. The molecule has 0 saturated heterocycles. The number of aromatic nitrogens is 1. The molecule has 3 nitrogen and oxygen atoms in total. The predicted octanol–water partition coefficient (Wildman–Crippen LogP) is 4.23. The number of hydrogen-bond acceptors (Lipinski definition) is 4.